The maximum Gasteiger partial charge on any atom is 0.255 e. The molecular weight excluding hydrogens is 232 g/mol. The van der Waals surface area contributed by atoms with Crippen LogP contribution in [0.5, 0.6) is 0 Å². The maximum atomic E-state index is 9.72. The number of benzene rings is 1. The molecule has 1 aromatic carbocycles. The van der Waals surface area contributed by atoms with Crippen molar-refractivity contribution in [3.05, 3.63) is 47.6 Å². The summed E-state index contributed by atoms with van der Waals surface area (Å²) in [4.78, 5) is 4.15. The zero-order valence-electron chi connectivity index (χ0n) is 9.99. The molecule has 2 rings (SSSR count). The number of hydrogen-bond donors (Lipinski definition) is 2. The van der Waals surface area contributed by atoms with Crippen LogP contribution in [-0.2, 0) is 6.42 Å². The summed E-state index contributed by atoms with van der Waals surface area (Å²) in [7, 11) is 0. The maximum absolute atomic E-state index is 9.72. The molecule has 2 aromatic rings. The molecule has 2 N–H and O–H groups in total. The van der Waals surface area contributed by atoms with Gasteiger partial charge in [-0.3, -0.25) is 0 Å². The van der Waals surface area contributed by atoms with Gasteiger partial charge >= 0.3 is 0 Å². The standard InChI is InChI=1S/C13H16N2O3/c16-8-4-7-11(17)13-14-12(15-18-13)9-10-5-2-1-3-6-10/h1-3,5-6,11,16-17H,4,7-9H2. The Labute approximate surface area is 105 Å². The van der Waals surface area contributed by atoms with Crippen molar-refractivity contribution in [2.24, 2.45) is 0 Å². The first-order valence-electron chi connectivity index (χ1n) is 5.95. The van der Waals surface area contributed by atoms with Crippen LogP contribution >= 0.6 is 0 Å². The molecule has 0 amide bonds. The van der Waals surface area contributed by atoms with E-state index in [-0.39, 0.29) is 12.5 Å². The summed E-state index contributed by atoms with van der Waals surface area (Å²) < 4.78 is 5.00. The molecule has 0 bridgehead atoms. The predicted octanol–water partition coefficient (Wildman–Crippen LogP) is 1.47. The fraction of sp³-hybridized carbons (Fsp3) is 0.385. The number of aliphatic hydroxyl groups excluding tert-OH is 2. The van der Waals surface area contributed by atoms with Crippen LogP contribution in [0.2, 0.25) is 0 Å². The Kier molecular flexibility index (Phi) is 4.44. The summed E-state index contributed by atoms with van der Waals surface area (Å²) in [6.45, 7) is 0.0437. The van der Waals surface area contributed by atoms with Crippen molar-refractivity contribution in [1.82, 2.24) is 10.1 Å². The van der Waals surface area contributed by atoms with Crippen molar-refractivity contribution in [3.8, 4) is 0 Å². The molecule has 1 heterocycles. The fourth-order valence-electron chi connectivity index (χ4n) is 1.66. The largest absolute Gasteiger partial charge is 0.396 e. The molecule has 1 aromatic heterocycles. The second-order valence-corrected chi connectivity index (χ2v) is 4.09. The van der Waals surface area contributed by atoms with Gasteiger partial charge in [-0.2, -0.15) is 4.98 Å². The Bertz CT molecular complexity index is 470. The summed E-state index contributed by atoms with van der Waals surface area (Å²) in [6.07, 6.45) is 0.715. The van der Waals surface area contributed by atoms with Gasteiger partial charge in [0.2, 0.25) is 0 Å². The predicted molar refractivity (Wildman–Crippen MR) is 64.8 cm³/mol. The molecule has 0 aliphatic carbocycles. The van der Waals surface area contributed by atoms with Crippen molar-refractivity contribution < 1.29 is 14.7 Å². The first-order chi connectivity index (χ1) is 8.79. The minimum absolute atomic E-state index is 0.0437. The smallest absolute Gasteiger partial charge is 0.255 e. The Hall–Kier alpha value is -1.72. The zero-order chi connectivity index (χ0) is 12.8. The molecule has 0 fully saturated rings. The van der Waals surface area contributed by atoms with Gasteiger partial charge in [0.05, 0.1) is 0 Å². The molecule has 96 valence electrons. The number of aromatic nitrogens is 2. The molecule has 18 heavy (non-hydrogen) atoms. The molecule has 5 nitrogen and oxygen atoms in total. The van der Waals surface area contributed by atoms with E-state index in [9.17, 15) is 5.11 Å². The second-order valence-electron chi connectivity index (χ2n) is 4.09. The van der Waals surface area contributed by atoms with Crippen molar-refractivity contribution in [2.75, 3.05) is 6.61 Å². The lowest BCUT2D eigenvalue weighted by Gasteiger charge is -2.02. The van der Waals surface area contributed by atoms with Crippen LogP contribution in [-0.4, -0.2) is 27.0 Å². The Morgan fingerprint density at radius 2 is 2.00 bits per heavy atom. The lowest BCUT2D eigenvalue weighted by atomic mass is 10.1. The van der Waals surface area contributed by atoms with Gasteiger partial charge in [0.25, 0.3) is 5.89 Å². The van der Waals surface area contributed by atoms with E-state index in [0.717, 1.165) is 5.56 Å². The van der Waals surface area contributed by atoms with Crippen LogP contribution in [0.3, 0.4) is 0 Å². The van der Waals surface area contributed by atoms with Crippen molar-refractivity contribution in [2.45, 2.75) is 25.4 Å². The van der Waals surface area contributed by atoms with Crippen LogP contribution in [0.25, 0.3) is 0 Å². The van der Waals surface area contributed by atoms with Crippen molar-refractivity contribution >= 4 is 0 Å². The average Bonchev–Trinajstić information content (AvgIpc) is 2.86. The van der Waals surface area contributed by atoms with Gasteiger partial charge in [0, 0.05) is 13.0 Å². The summed E-state index contributed by atoms with van der Waals surface area (Å²) in [5.41, 5.74) is 1.09. The molecule has 5 heteroatoms. The Morgan fingerprint density at radius 1 is 1.22 bits per heavy atom. The van der Waals surface area contributed by atoms with Crippen LogP contribution in [0.15, 0.2) is 34.9 Å². The Balaban J connectivity index is 1.98. The first-order valence-corrected chi connectivity index (χ1v) is 5.95. The Morgan fingerprint density at radius 3 is 2.72 bits per heavy atom. The third-order valence-corrected chi connectivity index (χ3v) is 2.61. The van der Waals surface area contributed by atoms with E-state index in [1.165, 1.54) is 0 Å². The lowest BCUT2D eigenvalue weighted by Crippen LogP contribution is -2.00. The minimum atomic E-state index is -0.797. The van der Waals surface area contributed by atoms with Crippen LogP contribution in [0.1, 0.15) is 36.2 Å². The number of nitrogens with zero attached hydrogens (tertiary/aromatic N) is 2. The van der Waals surface area contributed by atoms with Gasteiger partial charge in [0.1, 0.15) is 6.10 Å². The molecule has 0 aliphatic rings. The van der Waals surface area contributed by atoms with E-state index < -0.39 is 6.10 Å². The number of hydrogen-bond acceptors (Lipinski definition) is 5. The molecule has 0 saturated heterocycles. The summed E-state index contributed by atoms with van der Waals surface area (Å²) in [5.74, 6) is 0.772. The van der Waals surface area contributed by atoms with Crippen LogP contribution in [0.4, 0.5) is 0 Å². The first kappa shape index (κ1) is 12.7. The molecule has 0 aliphatic heterocycles. The quantitative estimate of drug-likeness (QED) is 0.809. The highest BCUT2D eigenvalue weighted by Crippen LogP contribution is 2.16. The monoisotopic (exact) mass is 248 g/mol. The summed E-state index contributed by atoms with van der Waals surface area (Å²) in [6, 6.07) is 9.82. The third kappa shape index (κ3) is 3.38. The molecular formula is C13H16N2O3. The highest BCUT2D eigenvalue weighted by molar-refractivity contribution is 5.18. The zero-order valence-corrected chi connectivity index (χ0v) is 9.99. The third-order valence-electron chi connectivity index (χ3n) is 2.61. The van der Waals surface area contributed by atoms with Gasteiger partial charge < -0.3 is 14.7 Å². The van der Waals surface area contributed by atoms with Gasteiger partial charge in [0.15, 0.2) is 5.82 Å². The SMILES string of the molecule is OCCCC(O)c1nc(Cc2ccccc2)no1. The lowest BCUT2D eigenvalue weighted by molar-refractivity contribution is 0.114. The van der Waals surface area contributed by atoms with E-state index in [2.05, 4.69) is 10.1 Å². The average molecular weight is 248 g/mol. The van der Waals surface area contributed by atoms with Gasteiger partial charge in [-0.1, -0.05) is 35.5 Å². The van der Waals surface area contributed by atoms with Crippen molar-refractivity contribution in [1.29, 1.82) is 0 Å². The van der Waals surface area contributed by atoms with Crippen LogP contribution in [0, 0.1) is 0 Å². The van der Waals surface area contributed by atoms with Crippen molar-refractivity contribution in [3.63, 3.8) is 0 Å². The van der Waals surface area contributed by atoms with Gasteiger partial charge in [-0.15, -0.1) is 0 Å². The fourth-order valence-corrected chi connectivity index (χ4v) is 1.66. The molecule has 1 atom stereocenters. The van der Waals surface area contributed by atoms with Crippen LogP contribution < -0.4 is 0 Å². The van der Waals surface area contributed by atoms with E-state index in [0.29, 0.717) is 25.1 Å². The van der Waals surface area contributed by atoms with E-state index >= 15 is 0 Å². The topological polar surface area (TPSA) is 79.4 Å². The van der Waals surface area contributed by atoms with E-state index in [1.54, 1.807) is 0 Å². The normalized spacial score (nSPS) is 12.6. The molecule has 0 spiro atoms. The highest BCUT2D eigenvalue weighted by atomic mass is 16.5. The number of aliphatic hydroxyl groups is 2. The van der Waals surface area contributed by atoms with Gasteiger partial charge in [-0.05, 0) is 18.4 Å². The summed E-state index contributed by atoms with van der Waals surface area (Å²) in [5, 5.41) is 22.2. The highest BCUT2D eigenvalue weighted by Gasteiger charge is 2.15. The number of rotatable bonds is 6. The molecule has 1 unspecified atom stereocenters. The van der Waals surface area contributed by atoms with Gasteiger partial charge in [-0.25, -0.2) is 0 Å². The van der Waals surface area contributed by atoms with E-state index in [1.807, 2.05) is 30.3 Å². The molecule has 0 saturated carbocycles. The molecule has 0 radical (unpaired) electrons. The summed E-state index contributed by atoms with van der Waals surface area (Å²) >= 11 is 0. The second kappa shape index (κ2) is 6.28. The van der Waals surface area contributed by atoms with E-state index in [4.69, 9.17) is 9.63 Å². The minimum Gasteiger partial charge on any atom is -0.396 e.